The number of amides is 1. The van der Waals surface area contributed by atoms with E-state index in [9.17, 15) is 4.79 Å². The van der Waals surface area contributed by atoms with Crippen molar-refractivity contribution in [2.45, 2.75) is 38.3 Å². The van der Waals surface area contributed by atoms with E-state index in [-0.39, 0.29) is 5.91 Å². The van der Waals surface area contributed by atoms with Gasteiger partial charge in [-0.05, 0) is 33.2 Å². The van der Waals surface area contributed by atoms with E-state index in [2.05, 4.69) is 10.6 Å². The highest BCUT2D eigenvalue weighted by Gasteiger charge is 2.25. The average molecular weight is 185 g/mol. The van der Waals surface area contributed by atoms with Crippen LogP contribution < -0.4 is 16.4 Å². The van der Waals surface area contributed by atoms with Crippen molar-refractivity contribution in [1.82, 2.24) is 10.6 Å². The third kappa shape index (κ3) is 2.97. The third-order valence-corrected chi connectivity index (χ3v) is 2.57. The molecular formula is C9H19N3O. The van der Waals surface area contributed by atoms with Crippen molar-refractivity contribution >= 4 is 5.91 Å². The summed E-state index contributed by atoms with van der Waals surface area (Å²) in [4.78, 5) is 11.0. The van der Waals surface area contributed by atoms with E-state index >= 15 is 0 Å². The first kappa shape index (κ1) is 10.5. The lowest BCUT2D eigenvalue weighted by Crippen LogP contribution is -2.53. The maximum atomic E-state index is 11.0. The van der Waals surface area contributed by atoms with Crippen LogP contribution in [0.3, 0.4) is 0 Å². The van der Waals surface area contributed by atoms with E-state index in [0.29, 0.717) is 6.04 Å². The normalized spacial score (nSPS) is 23.4. The smallest absolute Gasteiger partial charge is 0.237 e. The van der Waals surface area contributed by atoms with E-state index in [0.717, 1.165) is 13.1 Å². The van der Waals surface area contributed by atoms with Crippen molar-refractivity contribution in [1.29, 1.82) is 0 Å². The minimum absolute atomic E-state index is 0.300. The fourth-order valence-corrected chi connectivity index (χ4v) is 1.40. The summed E-state index contributed by atoms with van der Waals surface area (Å²) in [5, 5.41) is 6.52. The average Bonchev–Trinajstić information content (AvgIpc) is 2.52. The van der Waals surface area contributed by atoms with Crippen molar-refractivity contribution in [3.8, 4) is 0 Å². The number of carbonyl (C=O) groups excluding carboxylic acids is 1. The van der Waals surface area contributed by atoms with Crippen LogP contribution in [0.1, 0.15) is 26.7 Å². The number of carbonyl (C=O) groups is 1. The molecule has 1 unspecified atom stereocenters. The van der Waals surface area contributed by atoms with Crippen LogP contribution in [-0.4, -0.2) is 30.6 Å². The number of rotatable bonds is 4. The van der Waals surface area contributed by atoms with E-state index < -0.39 is 5.54 Å². The molecule has 0 saturated carbocycles. The lowest BCUT2D eigenvalue weighted by molar-refractivity contribution is -0.123. The van der Waals surface area contributed by atoms with Crippen molar-refractivity contribution < 1.29 is 4.79 Å². The summed E-state index contributed by atoms with van der Waals surface area (Å²) in [5.41, 5.74) is 4.64. The molecule has 0 aromatic heterocycles. The highest BCUT2D eigenvalue weighted by molar-refractivity contribution is 5.83. The molecule has 1 aliphatic heterocycles. The van der Waals surface area contributed by atoms with Crippen molar-refractivity contribution in [2.24, 2.45) is 5.73 Å². The maximum Gasteiger partial charge on any atom is 0.237 e. The Balaban J connectivity index is 2.28. The van der Waals surface area contributed by atoms with Crippen LogP contribution in [0, 0.1) is 0 Å². The van der Waals surface area contributed by atoms with E-state index in [1.165, 1.54) is 12.8 Å². The summed E-state index contributed by atoms with van der Waals surface area (Å²) in [6.45, 7) is 5.52. The predicted molar refractivity (Wildman–Crippen MR) is 52.3 cm³/mol. The number of nitrogens with one attached hydrogen (secondary N) is 2. The SMILES string of the molecule is CC(C)(NCC1CCCN1)C(N)=O. The van der Waals surface area contributed by atoms with Gasteiger partial charge in [-0.1, -0.05) is 0 Å². The van der Waals surface area contributed by atoms with Gasteiger partial charge in [0.25, 0.3) is 0 Å². The molecule has 4 heteroatoms. The van der Waals surface area contributed by atoms with Gasteiger partial charge in [0.05, 0.1) is 5.54 Å². The molecule has 1 saturated heterocycles. The molecule has 4 nitrogen and oxygen atoms in total. The van der Waals surface area contributed by atoms with Crippen LogP contribution in [0.2, 0.25) is 0 Å². The van der Waals surface area contributed by atoms with Gasteiger partial charge in [0.15, 0.2) is 0 Å². The Morgan fingerprint density at radius 3 is 2.85 bits per heavy atom. The van der Waals surface area contributed by atoms with Gasteiger partial charge in [0.2, 0.25) is 5.91 Å². The number of nitrogens with two attached hydrogens (primary N) is 1. The van der Waals surface area contributed by atoms with E-state index in [4.69, 9.17) is 5.73 Å². The first-order valence-corrected chi connectivity index (χ1v) is 4.81. The van der Waals surface area contributed by atoms with Gasteiger partial charge in [0.1, 0.15) is 0 Å². The minimum atomic E-state index is -0.593. The molecule has 0 spiro atoms. The number of hydrogen-bond donors (Lipinski definition) is 3. The molecule has 0 radical (unpaired) electrons. The van der Waals surface area contributed by atoms with Gasteiger partial charge >= 0.3 is 0 Å². The highest BCUT2D eigenvalue weighted by Crippen LogP contribution is 2.06. The predicted octanol–water partition coefficient (Wildman–Crippen LogP) is -0.408. The van der Waals surface area contributed by atoms with Gasteiger partial charge in [0, 0.05) is 12.6 Å². The topological polar surface area (TPSA) is 67.2 Å². The molecule has 1 rings (SSSR count). The molecule has 1 heterocycles. The zero-order valence-electron chi connectivity index (χ0n) is 8.39. The zero-order chi connectivity index (χ0) is 9.90. The van der Waals surface area contributed by atoms with Crippen LogP contribution >= 0.6 is 0 Å². The van der Waals surface area contributed by atoms with Crippen LogP contribution in [0.15, 0.2) is 0 Å². The molecule has 1 aliphatic rings. The van der Waals surface area contributed by atoms with Crippen LogP contribution in [0.25, 0.3) is 0 Å². The van der Waals surface area contributed by atoms with Gasteiger partial charge in [-0.25, -0.2) is 0 Å². The lowest BCUT2D eigenvalue weighted by Gasteiger charge is -2.24. The molecule has 1 fully saturated rings. The maximum absolute atomic E-state index is 11.0. The first-order chi connectivity index (χ1) is 6.02. The monoisotopic (exact) mass is 185 g/mol. The Hall–Kier alpha value is -0.610. The first-order valence-electron chi connectivity index (χ1n) is 4.81. The Morgan fingerprint density at radius 2 is 2.38 bits per heavy atom. The quantitative estimate of drug-likeness (QED) is 0.558. The lowest BCUT2D eigenvalue weighted by atomic mass is 10.0. The molecule has 0 bridgehead atoms. The van der Waals surface area contributed by atoms with Gasteiger partial charge < -0.3 is 16.4 Å². The zero-order valence-corrected chi connectivity index (χ0v) is 8.39. The number of hydrogen-bond acceptors (Lipinski definition) is 3. The van der Waals surface area contributed by atoms with Crippen molar-refractivity contribution in [3.05, 3.63) is 0 Å². The summed E-state index contributed by atoms with van der Waals surface area (Å²) in [6, 6.07) is 0.499. The summed E-state index contributed by atoms with van der Waals surface area (Å²) in [6.07, 6.45) is 2.41. The van der Waals surface area contributed by atoms with Gasteiger partial charge in [-0.2, -0.15) is 0 Å². The Labute approximate surface area is 79.3 Å². The molecule has 0 aliphatic carbocycles. The second-order valence-electron chi connectivity index (χ2n) is 4.16. The summed E-state index contributed by atoms with van der Waals surface area (Å²) >= 11 is 0. The second-order valence-corrected chi connectivity index (χ2v) is 4.16. The Kier molecular flexibility index (Phi) is 3.27. The molecule has 4 N–H and O–H groups in total. The summed E-state index contributed by atoms with van der Waals surface area (Å²) in [5.74, 6) is -0.300. The molecule has 13 heavy (non-hydrogen) atoms. The van der Waals surface area contributed by atoms with Gasteiger partial charge in [-0.3, -0.25) is 4.79 Å². The molecule has 0 aromatic carbocycles. The molecule has 1 amide bonds. The fourth-order valence-electron chi connectivity index (χ4n) is 1.40. The van der Waals surface area contributed by atoms with Crippen molar-refractivity contribution in [2.75, 3.05) is 13.1 Å². The Bertz CT molecular complexity index is 185. The Morgan fingerprint density at radius 1 is 1.69 bits per heavy atom. The molecular weight excluding hydrogens is 166 g/mol. The summed E-state index contributed by atoms with van der Waals surface area (Å²) < 4.78 is 0. The molecule has 76 valence electrons. The number of primary amides is 1. The standard InChI is InChI=1S/C9H19N3O/c1-9(2,8(10)13)12-6-7-4-3-5-11-7/h7,11-12H,3-6H2,1-2H3,(H2,10,13). The molecule has 0 aromatic rings. The second kappa shape index (κ2) is 4.07. The van der Waals surface area contributed by atoms with Crippen LogP contribution in [-0.2, 0) is 4.79 Å². The largest absolute Gasteiger partial charge is 0.368 e. The van der Waals surface area contributed by atoms with Gasteiger partial charge in [-0.15, -0.1) is 0 Å². The van der Waals surface area contributed by atoms with Crippen LogP contribution in [0.5, 0.6) is 0 Å². The van der Waals surface area contributed by atoms with Crippen molar-refractivity contribution in [3.63, 3.8) is 0 Å². The third-order valence-electron chi connectivity index (χ3n) is 2.57. The minimum Gasteiger partial charge on any atom is -0.368 e. The molecule has 1 atom stereocenters. The highest BCUT2D eigenvalue weighted by atomic mass is 16.1. The van der Waals surface area contributed by atoms with E-state index in [1.54, 1.807) is 0 Å². The van der Waals surface area contributed by atoms with Crippen LogP contribution in [0.4, 0.5) is 0 Å². The fraction of sp³-hybridized carbons (Fsp3) is 0.889. The van der Waals surface area contributed by atoms with E-state index in [1.807, 2.05) is 13.8 Å². The summed E-state index contributed by atoms with van der Waals surface area (Å²) in [7, 11) is 0.